The molecule has 1 heterocycles. The summed E-state index contributed by atoms with van der Waals surface area (Å²) in [6.45, 7) is 0.444. The van der Waals surface area contributed by atoms with Crippen LogP contribution in [0.2, 0.25) is 0 Å². The van der Waals surface area contributed by atoms with Crippen molar-refractivity contribution in [1.29, 1.82) is 5.26 Å². The molecule has 0 saturated carbocycles. The zero-order valence-corrected chi connectivity index (χ0v) is 8.62. The number of nitrogens with zero attached hydrogens (tertiary/aromatic N) is 1. The lowest BCUT2D eigenvalue weighted by atomic mass is 9.93. The number of hydrogen-bond acceptors (Lipinski definition) is 2. The molecule has 2 nitrogen and oxygen atoms in total. The third-order valence-electron chi connectivity index (χ3n) is 2.78. The summed E-state index contributed by atoms with van der Waals surface area (Å²) in [5, 5.41) is 8.81. The van der Waals surface area contributed by atoms with Crippen molar-refractivity contribution in [2.75, 3.05) is 6.61 Å². The van der Waals surface area contributed by atoms with Crippen LogP contribution in [0, 0.1) is 28.9 Å². The summed E-state index contributed by atoms with van der Waals surface area (Å²) in [7, 11) is 0. The molecule has 84 valence electrons. The fraction of sp³-hybridized carbons (Fsp3) is 0.417. The number of hydrogen-bond donors (Lipinski definition) is 0. The Labute approximate surface area is 92.5 Å². The third kappa shape index (κ3) is 2.20. The largest absolute Gasteiger partial charge is 0.373 e. The second-order valence-corrected chi connectivity index (χ2v) is 3.88. The summed E-state index contributed by atoms with van der Waals surface area (Å²) in [4.78, 5) is 0. The molecule has 2 atom stereocenters. The van der Waals surface area contributed by atoms with Crippen molar-refractivity contribution in [1.82, 2.24) is 0 Å². The van der Waals surface area contributed by atoms with E-state index in [1.807, 2.05) is 0 Å². The van der Waals surface area contributed by atoms with E-state index in [1.54, 1.807) is 0 Å². The highest BCUT2D eigenvalue weighted by Crippen LogP contribution is 2.32. The van der Waals surface area contributed by atoms with Gasteiger partial charge in [-0.05, 0) is 18.9 Å². The molecule has 1 saturated heterocycles. The molecule has 0 bridgehead atoms. The van der Waals surface area contributed by atoms with Crippen LogP contribution in [0.3, 0.4) is 0 Å². The van der Waals surface area contributed by atoms with E-state index in [9.17, 15) is 8.78 Å². The standard InChI is InChI=1S/C12H11F2NO/c13-9-1-2-10(11(14)6-9)12-5-8(7-15)3-4-16-12/h1-2,6,8,12H,3-5H2. The van der Waals surface area contributed by atoms with Gasteiger partial charge in [-0.2, -0.15) is 5.26 Å². The van der Waals surface area contributed by atoms with E-state index >= 15 is 0 Å². The molecule has 0 aliphatic carbocycles. The average molecular weight is 223 g/mol. The second-order valence-electron chi connectivity index (χ2n) is 3.88. The van der Waals surface area contributed by atoms with Gasteiger partial charge in [-0.15, -0.1) is 0 Å². The molecule has 2 rings (SSSR count). The molecule has 1 aromatic rings. The summed E-state index contributed by atoms with van der Waals surface area (Å²) < 4.78 is 31.6. The van der Waals surface area contributed by atoms with Gasteiger partial charge in [0, 0.05) is 18.2 Å². The van der Waals surface area contributed by atoms with Crippen LogP contribution in [0.5, 0.6) is 0 Å². The summed E-state index contributed by atoms with van der Waals surface area (Å²) >= 11 is 0. The minimum atomic E-state index is -0.608. The van der Waals surface area contributed by atoms with E-state index in [4.69, 9.17) is 10.00 Å². The van der Waals surface area contributed by atoms with E-state index in [0.717, 1.165) is 6.07 Å². The Morgan fingerprint density at radius 3 is 2.88 bits per heavy atom. The zero-order chi connectivity index (χ0) is 11.5. The topological polar surface area (TPSA) is 33.0 Å². The molecule has 0 aromatic heterocycles. The monoisotopic (exact) mass is 223 g/mol. The van der Waals surface area contributed by atoms with E-state index in [2.05, 4.69) is 6.07 Å². The summed E-state index contributed by atoms with van der Waals surface area (Å²) in [5.41, 5.74) is 0.335. The van der Waals surface area contributed by atoms with Crippen LogP contribution >= 0.6 is 0 Å². The first-order valence-corrected chi connectivity index (χ1v) is 5.17. The van der Waals surface area contributed by atoms with Gasteiger partial charge in [-0.25, -0.2) is 8.78 Å². The van der Waals surface area contributed by atoms with E-state index in [-0.39, 0.29) is 5.92 Å². The van der Waals surface area contributed by atoms with Gasteiger partial charge < -0.3 is 4.74 Å². The molecule has 0 amide bonds. The highest BCUT2D eigenvalue weighted by Gasteiger charge is 2.25. The average Bonchev–Trinajstić information content (AvgIpc) is 2.29. The van der Waals surface area contributed by atoms with Gasteiger partial charge in [0.15, 0.2) is 0 Å². The Morgan fingerprint density at radius 2 is 2.19 bits per heavy atom. The third-order valence-corrected chi connectivity index (χ3v) is 2.78. The maximum Gasteiger partial charge on any atom is 0.131 e. The van der Waals surface area contributed by atoms with Gasteiger partial charge in [-0.1, -0.05) is 6.07 Å². The van der Waals surface area contributed by atoms with Crippen LogP contribution in [0.4, 0.5) is 8.78 Å². The Kier molecular flexibility index (Phi) is 3.16. The molecular formula is C12H11F2NO. The predicted octanol–water partition coefficient (Wildman–Crippen LogP) is 2.96. The van der Waals surface area contributed by atoms with Crippen molar-refractivity contribution in [2.24, 2.45) is 5.92 Å². The van der Waals surface area contributed by atoms with Crippen LogP contribution < -0.4 is 0 Å². The molecule has 0 N–H and O–H groups in total. The highest BCUT2D eigenvalue weighted by atomic mass is 19.1. The van der Waals surface area contributed by atoms with E-state index in [1.165, 1.54) is 12.1 Å². The van der Waals surface area contributed by atoms with Gasteiger partial charge in [-0.3, -0.25) is 0 Å². The quantitative estimate of drug-likeness (QED) is 0.733. The van der Waals surface area contributed by atoms with Gasteiger partial charge in [0.1, 0.15) is 11.6 Å². The highest BCUT2D eigenvalue weighted by molar-refractivity contribution is 5.21. The van der Waals surface area contributed by atoms with Crippen LogP contribution in [0.15, 0.2) is 18.2 Å². The first kappa shape index (κ1) is 11.0. The summed E-state index contributed by atoms with van der Waals surface area (Å²) in [6.07, 6.45) is 0.716. The molecule has 0 radical (unpaired) electrons. The molecule has 1 aromatic carbocycles. The van der Waals surface area contributed by atoms with Crippen LogP contribution in [0.25, 0.3) is 0 Å². The Bertz CT molecular complexity index is 428. The first-order valence-electron chi connectivity index (χ1n) is 5.17. The smallest absolute Gasteiger partial charge is 0.131 e. The molecular weight excluding hydrogens is 212 g/mol. The summed E-state index contributed by atoms with van der Waals surface area (Å²) in [5.74, 6) is -1.32. The van der Waals surface area contributed by atoms with E-state index < -0.39 is 17.7 Å². The Morgan fingerprint density at radius 1 is 1.38 bits per heavy atom. The minimum absolute atomic E-state index is 0.108. The maximum absolute atomic E-state index is 13.5. The first-order chi connectivity index (χ1) is 7.70. The Hall–Kier alpha value is -1.47. The SMILES string of the molecule is N#CC1CCOC(c2ccc(F)cc2F)C1. The van der Waals surface area contributed by atoms with Gasteiger partial charge in [0.25, 0.3) is 0 Å². The van der Waals surface area contributed by atoms with Crippen molar-refractivity contribution in [3.63, 3.8) is 0 Å². The zero-order valence-electron chi connectivity index (χ0n) is 8.62. The fourth-order valence-electron chi connectivity index (χ4n) is 1.89. The predicted molar refractivity (Wildman–Crippen MR) is 53.4 cm³/mol. The minimum Gasteiger partial charge on any atom is -0.373 e. The maximum atomic E-state index is 13.5. The number of nitriles is 1. The molecule has 16 heavy (non-hydrogen) atoms. The summed E-state index contributed by atoms with van der Waals surface area (Å²) in [6, 6.07) is 5.59. The van der Waals surface area contributed by atoms with Crippen molar-refractivity contribution < 1.29 is 13.5 Å². The molecule has 2 unspecified atom stereocenters. The molecule has 0 spiro atoms. The lowest BCUT2D eigenvalue weighted by molar-refractivity contribution is -0.00131. The number of benzene rings is 1. The van der Waals surface area contributed by atoms with E-state index in [0.29, 0.717) is 25.0 Å². The van der Waals surface area contributed by atoms with Crippen molar-refractivity contribution in [3.8, 4) is 6.07 Å². The fourth-order valence-corrected chi connectivity index (χ4v) is 1.89. The molecule has 1 aliphatic heterocycles. The lowest BCUT2D eigenvalue weighted by Crippen LogP contribution is -2.19. The molecule has 4 heteroatoms. The van der Waals surface area contributed by atoms with Crippen LogP contribution in [0.1, 0.15) is 24.5 Å². The normalized spacial score (nSPS) is 25.1. The van der Waals surface area contributed by atoms with Gasteiger partial charge in [0.05, 0.1) is 18.1 Å². The Balaban J connectivity index is 2.20. The number of rotatable bonds is 1. The van der Waals surface area contributed by atoms with Crippen LogP contribution in [-0.2, 0) is 4.74 Å². The number of ether oxygens (including phenoxy) is 1. The van der Waals surface area contributed by atoms with Gasteiger partial charge >= 0.3 is 0 Å². The number of halogens is 2. The van der Waals surface area contributed by atoms with Crippen molar-refractivity contribution >= 4 is 0 Å². The van der Waals surface area contributed by atoms with Gasteiger partial charge in [0.2, 0.25) is 0 Å². The molecule has 1 fully saturated rings. The van der Waals surface area contributed by atoms with Crippen molar-refractivity contribution in [2.45, 2.75) is 18.9 Å². The molecule has 1 aliphatic rings. The second kappa shape index (κ2) is 4.58. The van der Waals surface area contributed by atoms with Crippen molar-refractivity contribution in [3.05, 3.63) is 35.4 Å². The van der Waals surface area contributed by atoms with Crippen LogP contribution in [-0.4, -0.2) is 6.61 Å². The lowest BCUT2D eigenvalue weighted by Gasteiger charge is -2.26.